The second-order valence-electron chi connectivity index (χ2n) is 6.65. The molecule has 5 nitrogen and oxygen atoms in total. The van der Waals surface area contributed by atoms with Crippen LogP contribution in [0.15, 0.2) is 35.8 Å². The maximum atomic E-state index is 12.5. The predicted molar refractivity (Wildman–Crippen MR) is 97.2 cm³/mol. The van der Waals surface area contributed by atoms with Gasteiger partial charge in [0, 0.05) is 41.3 Å². The molecule has 2 aromatic rings. The van der Waals surface area contributed by atoms with Crippen molar-refractivity contribution in [2.24, 2.45) is 0 Å². The highest BCUT2D eigenvalue weighted by Gasteiger charge is 2.19. The summed E-state index contributed by atoms with van der Waals surface area (Å²) in [5.74, 6) is 2.78. The van der Waals surface area contributed by atoms with E-state index in [4.69, 9.17) is 11.8 Å². The smallest absolute Gasteiger partial charge is 0.253 e. The summed E-state index contributed by atoms with van der Waals surface area (Å²) >= 11 is 0. The van der Waals surface area contributed by atoms with Crippen LogP contribution in [-0.2, 0) is 5.41 Å². The van der Waals surface area contributed by atoms with Crippen molar-refractivity contribution in [3.8, 4) is 18.2 Å². The van der Waals surface area contributed by atoms with E-state index in [2.05, 4.69) is 43.4 Å². The lowest BCUT2D eigenvalue weighted by atomic mass is 9.93. The maximum absolute atomic E-state index is 12.5. The Morgan fingerprint density at radius 3 is 2.75 bits per heavy atom. The number of hydrogen-bond acceptors (Lipinski definition) is 3. The van der Waals surface area contributed by atoms with E-state index < -0.39 is 0 Å². The lowest BCUT2D eigenvalue weighted by molar-refractivity contribution is 0.559. The molecule has 2 rings (SSSR count). The van der Waals surface area contributed by atoms with Crippen LogP contribution in [-0.4, -0.2) is 21.0 Å². The quantitative estimate of drug-likeness (QED) is 0.504. The molecule has 2 N–H and O–H groups in total. The van der Waals surface area contributed by atoms with Gasteiger partial charge < -0.3 is 10.4 Å². The van der Waals surface area contributed by atoms with Crippen LogP contribution >= 0.6 is 0 Å². The van der Waals surface area contributed by atoms with Crippen LogP contribution in [0, 0.1) is 17.8 Å². The lowest BCUT2D eigenvalue weighted by Gasteiger charge is -2.15. The molecule has 2 heterocycles. The van der Waals surface area contributed by atoms with Crippen LogP contribution in [0.5, 0.6) is 0 Å². The van der Waals surface area contributed by atoms with E-state index in [1.54, 1.807) is 23.0 Å². The molecular weight excluding hydrogens is 300 g/mol. The lowest BCUT2D eigenvalue weighted by Crippen LogP contribution is -2.20. The number of pyridine rings is 1. The number of aromatic nitrogens is 3. The van der Waals surface area contributed by atoms with Gasteiger partial charge in [0.15, 0.2) is 0 Å². The van der Waals surface area contributed by atoms with Gasteiger partial charge >= 0.3 is 0 Å². The molecule has 24 heavy (non-hydrogen) atoms. The Hall–Kier alpha value is -2.87. The third-order valence-corrected chi connectivity index (χ3v) is 3.84. The second-order valence-corrected chi connectivity index (χ2v) is 6.65. The number of H-pyrrole nitrogens is 1. The van der Waals surface area contributed by atoms with Crippen molar-refractivity contribution in [3.63, 3.8) is 0 Å². The van der Waals surface area contributed by atoms with Crippen LogP contribution in [0.1, 0.15) is 49.9 Å². The predicted octanol–water partition coefficient (Wildman–Crippen LogP) is 3.15. The number of allylic oxidation sites excluding steroid dienone is 1. The molecule has 5 heteroatoms. The van der Waals surface area contributed by atoms with Crippen LogP contribution in [0.3, 0.4) is 0 Å². The first kappa shape index (κ1) is 17.5. The molecule has 0 aliphatic rings. The van der Waals surface area contributed by atoms with Crippen molar-refractivity contribution >= 4 is 6.21 Å². The van der Waals surface area contributed by atoms with Crippen molar-refractivity contribution < 1.29 is 0 Å². The monoisotopic (exact) mass is 322 g/mol. The first-order valence-electron chi connectivity index (χ1n) is 7.72. The molecule has 0 saturated heterocycles. The van der Waals surface area contributed by atoms with Gasteiger partial charge in [-0.15, -0.1) is 18.9 Å². The van der Waals surface area contributed by atoms with Gasteiger partial charge in [-0.05, 0) is 12.1 Å². The molecule has 0 spiro atoms. The summed E-state index contributed by atoms with van der Waals surface area (Å²) < 4.78 is 1.59. The molecule has 0 saturated carbocycles. The van der Waals surface area contributed by atoms with Gasteiger partial charge in [-0.3, -0.25) is 4.79 Å². The molecule has 0 aliphatic heterocycles. The van der Waals surface area contributed by atoms with Gasteiger partial charge in [-0.1, -0.05) is 26.8 Å². The first-order chi connectivity index (χ1) is 11.3. The maximum Gasteiger partial charge on any atom is 0.253 e. The Kier molecular flexibility index (Phi) is 4.89. The molecule has 0 radical (unpaired) electrons. The minimum absolute atomic E-state index is 0.100. The first-order valence-corrected chi connectivity index (χ1v) is 7.72. The third-order valence-electron chi connectivity index (χ3n) is 3.84. The largest absolute Gasteiger partial charge is 0.308 e. The van der Waals surface area contributed by atoms with Gasteiger partial charge in [0.25, 0.3) is 5.56 Å². The van der Waals surface area contributed by atoms with Gasteiger partial charge in [-0.2, -0.15) is 5.10 Å². The normalized spacial score (nSPS) is 12.4. The van der Waals surface area contributed by atoms with Crippen molar-refractivity contribution in [1.82, 2.24) is 14.8 Å². The molecule has 0 fully saturated rings. The zero-order valence-electron chi connectivity index (χ0n) is 14.3. The molecule has 124 valence electrons. The fourth-order valence-electron chi connectivity index (χ4n) is 2.42. The van der Waals surface area contributed by atoms with Crippen LogP contribution < -0.4 is 5.56 Å². The van der Waals surface area contributed by atoms with Crippen molar-refractivity contribution in [3.05, 3.63) is 58.2 Å². The summed E-state index contributed by atoms with van der Waals surface area (Å²) in [6.07, 6.45) is 10.4. The molecule has 0 aromatic carbocycles. The Morgan fingerprint density at radius 2 is 2.25 bits per heavy atom. The van der Waals surface area contributed by atoms with E-state index >= 15 is 0 Å². The minimum Gasteiger partial charge on any atom is -0.308 e. The minimum atomic E-state index is -0.247. The number of rotatable bonds is 5. The average molecular weight is 322 g/mol. The summed E-state index contributed by atoms with van der Waals surface area (Å²) in [7, 11) is 0. The van der Waals surface area contributed by atoms with Crippen molar-refractivity contribution in [1.29, 1.82) is 5.41 Å². The number of terminal acetylenes is 1. The molecule has 0 amide bonds. The van der Waals surface area contributed by atoms with E-state index in [0.717, 1.165) is 5.69 Å². The van der Waals surface area contributed by atoms with Crippen LogP contribution in [0.2, 0.25) is 0 Å². The molecule has 1 atom stereocenters. The summed E-state index contributed by atoms with van der Waals surface area (Å²) in [5.41, 5.74) is 1.63. The number of aromatic amines is 1. The highest BCUT2D eigenvalue weighted by Crippen LogP contribution is 2.22. The Bertz CT molecular complexity index is 859. The van der Waals surface area contributed by atoms with E-state index in [1.165, 1.54) is 6.21 Å². The fraction of sp³-hybridized carbons (Fsp3) is 0.316. The van der Waals surface area contributed by atoms with Gasteiger partial charge in [0.2, 0.25) is 0 Å². The SMILES string of the molecule is C#CCC(C=C)c1cc(C=N)c(-n2ccc(C(C)(C)C)n2)[nH]c1=O. The average Bonchev–Trinajstić information content (AvgIpc) is 3.02. The topological polar surface area (TPSA) is 74.5 Å². The summed E-state index contributed by atoms with van der Waals surface area (Å²) in [4.78, 5) is 15.3. The number of nitrogens with one attached hydrogen (secondary N) is 2. The van der Waals surface area contributed by atoms with E-state index in [-0.39, 0.29) is 16.9 Å². The van der Waals surface area contributed by atoms with Gasteiger partial charge in [-0.25, -0.2) is 4.68 Å². The van der Waals surface area contributed by atoms with Crippen molar-refractivity contribution in [2.75, 3.05) is 0 Å². The Labute approximate surface area is 141 Å². The standard InChI is InChI=1S/C19H22N4O/c1-6-8-13(7-2)15-11-14(12-20)17(21-18(15)24)23-10-9-16(22-23)19(3,4)5/h1,7,9-13,20H,2,8H2,3-5H3,(H,21,24). The zero-order chi connectivity index (χ0) is 17.9. The third kappa shape index (κ3) is 3.38. The zero-order valence-corrected chi connectivity index (χ0v) is 14.3. The molecule has 2 aromatic heterocycles. The Morgan fingerprint density at radius 1 is 1.54 bits per heavy atom. The number of hydrogen-bond donors (Lipinski definition) is 2. The summed E-state index contributed by atoms with van der Waals surface area (Å²) in [6.45, 7) is 9.94. The van der Waals surface area contributed by atoms with E-state index in [0.29, 0.717) is 23.4 Å². The molecule has 0 bridgehead atoms. The van der Waals surface area contributed by atoms with Gasteiger partial charge in [0.1, 0.15) is 5.82 Å². The van der Waals surface area contributed by atoms with Crippen LogP contribution in [0.4, 0.5) is 0 Å². The summed E-state index contributed by atoms with van der Waals surface area (Å²) in [5, 5.41) is 12.2. The Balaban J connectivity index is 2.57. The van der Waals surface area contributed by atoms with E-state index in [1.807, 2.05) is 6.07 Å². The second kappa shape index (κ2) is 6.71. The molecule has 0 aliphatic carbocycles. The molecule has 1 unspecified atom stereocenters. The van der Waals surface area contributed by atoms with Gasteiger partial charge in [0.05, 0.1) is 5.69 Å². The highest BCUT2D eigenvalue weighted by molar-refractivity contribution is 5.81. The van der Waals surface area contributed by atoms with E-state index in [9.17, 15) is 4.79 Å². The molecular formula is C19H22N4O. The van der Waals surface area contributed by atoms with Crippen LogP contribution in [0.25, 0.3) is 5.82 Å². The summed E-state index contributed by atoms with van der Waals surface area (Å²) in [6, 6.07) is 3.59. The highest BCUT2D eigenvalue weighted by atomic mass is 16.1. The number of nitrogens with zero attached hydrogens (tertiary/aromatic N) is 2. The van der Waals surface area contributed by atoms with Crippen molar-refractivity contribution in [2.45, 2.75) is 38.5 Å². The fourth-order valence-corrected chi connectivity index (χ4v) is 2.42.